The number of anilines is 2. The van der Waals surface area contributed by atoms with Gasteiger partial charge in [-0.05, 0) is 47.8 Å². The molecular formula is C21H19N3O3S. The molecule has 3 aromatic rings. The molecule has 0 spiro atoms. The smallest absolute Gasteiger partial charge is 0.265 e. The number of benzene rings is 2. The van der Waals surface area contributed by atoms with Crippen LogP contribution in [0.3, 0.4) is 0 Å². The number of rotatable bonds is 6. The molecule has 0 bridgehead atoms. The lowest BCUT2D eigenvalue weighted by Gasteiger charge is -2.17. The molecule has 0 unspecified atom stereocenters. The first-order chi connectivity index (χ1) is 13.5. The summed E-state index contributed by atoms with van der Waals surface area (Å²) in [5.74, 6) is -0.745. The minimum atomic E-state index is -0.278. The Kier molecular flexibility index (Phi) is 6.18. The predicted molar refractivity (Wildman–Crippen MR) is 111 cm³/mol. The van der Waals surface area contributed by atoms with E-state index in [1.54, 1.807) is 49.5 Å². The Bertz CT molecular complexity index is 954. The highest BCUT2D eigenvalue weighted by Gasteiger charge is 2.15. The van der Waals surface area contributed by atoms with Gasteiger partial charge in [0.15, 0.2) is 0 Å². The molecule has 0 radical (unpaired) electrons. The van der Waals surface area contributed by atoms with Crippen LogP contribution in [0.4, 0.5) is 11.4 Å². The van der Waals surface area contributed by atoms with Gasteiger partial charge in [0, 0.05) is 24.0 Å². The average molecular weight is 393 g/mol. The molecule has 28 heavy (non-hydrogen) atoms. The minimum Gasteiger partial charge on any atom is -0.332 e. The molecule has 2 aromatic carbocycles. The van der Waals surface area contributed by atoms with E-state index in [0.29, 0.717) is 21.8 Å². The number of carbonyl (C=O) groups is 3. The van der Waals surface area contributed by atoms with Crippen molar-refractivity contribution >= 4 is 40.4 Å². The largest absolute Gasteiger partial charge is 0.332 e. The molecule has 7 heteroatoms. The van der Waals surface area contributed by atoms with Gasteiger partial charge in [-0.3, -0.25) is 14.4 Å². The normalized spacial score (nSPS) is 10.2. The average Bonchev–Trinajstić information content (AvgIpc) is 3.23. The Morgan fingerprint density at radius 2 is 1.54 bits per heavy atom. The SMILES string of the molecule is CN(CC(=O)Nc1ccccc1)C(=O)c1ccc(NC(=O)c2cccs2)cc1. The fourth-order valence-corrected chi connectivity index (χ4v) is 3.15. The molecule has 0 aliphatic rings. The quantitative estimate of drug-likeness (QED) is 0.670. The maximum atomic E-state index is 12.5. The zero-order valence-electron chi connectivity index (χ0n) is 15.2. The topological polar surface area (TPSA) is 78.5 Å². The summed E-state index contributed by atoms with van der Waals surface area (Å²) in [7, 11) is 1.57. The summed E-state index contributed by atoms with van der Waals surface area (Å²) in [5, 5.41) is 7.36. The van der Waals surface area contributed by atoms with Crippen molar-refractivity contribution in [3.8, 4) is 0 Å². The Morgan fingerprint density at radius 3 is 2.18 bits per heavy atom. The zero-order chi connectivity index (χ0) is 19.9. The lowest BCUT2D eigenvalue weighted by molar-refractivity contribution is -0.116. The van der Waals surface area contributed by atoms with Crippen LogP contribution in [0.5, 0.6) is 0 Å². The van der Waals surface area contributed by atoms with Crippen LogP contribution in [0.2, 0.25) is 0 Å². The van der Waals surface area contributed by atoms with Crippen LogP contribution >= 0.6 is 11.3 Å². The Balaban J connectivity index is 1.56. The Hall–Kier alpha value is -3.45. The molecule has 6 nitrogen and oxygen atoms in total. The van der Waals surface area contributed by atoms with Crippen LogP contribution in [-0.4, -0.2) is 36.2 Å². The number of nitrogens with one attached hydrogen (secondary N) is 2. The van der Waals surface area contributed by atoms with Crippen molar-refractivity contribution in [3.05, 3.63) is 82.6 Å². The summed E-state index contributed by atoms with van der Waals surface area (Å²) in [6, 6.07) is 19.2. The van der Waals surface area contributed by atoms with E-state index in [-0.39, 0.29) is 24.3 Å². The third-order valence-electron chi connectivity index (χ3n) is 3.92. The summed E-state index contributed by atoms with van der Waals surface area (Å²) in [4.78, 5) is 38.6. The number of thiophene rings is 1. The number of hydrogen-bond acceptors (Lipinski definition) is 4. The van der Waals surface area contributed by atoms with Crippen LogP contribution in [0.15, 0.2) is 72.1 Å². The van der Waals surface area contributed by atoms with E-state index in [1.165, 1.54) is 16.2 Å². The molecule has 3 rings (SSSR count). The third-order valence-corrected chi connectivity index (χ3v) is 4.79. The van der Waals surface area contributed by atoms with Crippen molar-refractivity contribution in [1.29, 1.82) is 0 Å². The van der Waals surface area contributed by atoms with Crippen molar-refractivity contribution in [1.82, 2.24) is 4.90 Å². The Labute approximate surface area is 166 Å². The molecule has 0 atom stereocenters. The van der Waals surface area contributed by atoms with E-state index >= 15 is 0 Å². The molecule has 0 aliphatic carbocycles. The molecule has 0 saturated carbocycles. The van der Waals surface area contributed by atoms with Gasteiger partial charge in [-0.2, -0.15) is 0 Å². The van der Waals surface area contributed by atoms with E-state index in [0.717, 1.165) is 0 Å². The van der Waals surface area contributed by atoms with Gasteiger partial charge in [-0.1, -0.05) is 24.3 Å². The highest BCUT2D eigenvalue weighted by Crippen LogP contribution is 2.15. The van der Waals surface area contributed by atoms with Gasteiger partial charge in [0.05, 0.1) is 11.4 Å². The van der Waals surface area contributed by atoms with Gasteiger partial charge in [0.25, 0.3) is 11.8 Å². The van der Waals surface area contributed by atoms with Gasteiger partial charge in [0.2, 0.25) is 5.91 Å². The molecule has 3 amide bonds. The molecule has 0 saturated heterocycles. The zero-order valence-corrected chi connectivity index (χ0v) is 16.0. The highest BCUT2D eigenvalue weighted by molar-refractivity contribution is 7.12. The van der Waals surface area contributed by atoms with Gasteiger partial charge in [-0.25, -0.2) is 0 Å². The van der Waals surface area contributed by atoms with Crippen molar-refractivity contribution in [2.75, 3.05) is 24.2 Å². The van der Waals surface area contributed by atoms with E-state index in [2.05, 4.69) is 10.6 Å². The van der Waals surface area contributed by atoms with Crippen LogP contribution in [0, 0.1) is 0 Å². The fraction of sp³-hybridized carbons (Fsp3) is 0.0952. The first kappa shape index (κ1) is 19.3. The van der Waals surface area contributed by atoms with Crippen molar-refractivity contribution in [2.45, 2.75) is 0 Å². The minimum absolute atomic E-state index is 0.0649. The lowest BCUT2D eigenvalue weighted by Crippen LogP contribution is -2.34. The number of para-hydroxylation sites is 1. The van der Waals surface area contributed by atoms with Crippen LogP contribution in [0.1, 0.15) is 20.0 Å². The summed E-state index contributed by atoms with van der Waals surface area (Å²) >= 11 is 1.36. The van der Waals surface area contributed by atoms with Crippen molar-refractivity contribution in [2.24, 2.45) is 0 Å². The number of nitrogens with zero attached hydrogens (tertiary/aromatic N) is 1. The van der Waals surface area contributed by atoms with Crippen LogP contribution < -0.4 is 10.6 Å². The maximum absolute atomic E-state index is 12.5. The standard InChI is InChI=1S/C21H19N3O3S/c1-24(14-19(25)22-16-6-3-2-4-7-16)21(27)15-9-11-17(12-10-15)23-20(26)18-8-5-13-28-18/h2-13H,14H2,1H3,(H,22,25)(H,23,26). The number of amides is 3. The molecule has 142 valence electrons. The van der Waals surface area contributed by atoms with Crippen molar-refractivity contribution < 1.29 is 14.4 Å². The van der Waals surface area contributed by atoms with Crippen molar-refractivity contribution in [3.63, 3.8) is 0 Å². The molecule has 0 aliphatic heterocycles. The number of hydrogen-bond donors (Lipinski definition) is 2. The number of likely N-dealkylation sites (N-methyl/N-ethyl adjacent to an activating group) is 1. The third kappa shape index (κ3) is 5.05. The molecule has 1 heterocycles. The Morgan fingerprint density at radius 1 is 0.857 bits per heavy atom. The van der Waals surface area contributed by atoms with E-state index in [9.17, 15) is 14.4 Å². The molecule has 0 fully saturated rings. The lowest BCUT2D eigenvalue weighted by atomic mass is 10.2. The molecule has 2 N–H and O–H groups in total. The maximum Gasteiger partial charge on any atom is 0.265 e. The number of carbonyl (C=O) groups excluding carboxylic acids is 3. The van der Waals surface area contributed by atoms with Gasteiger partial charge in [0.1, 0.15) is 0 Å². The summed E-state index contributed by atoms with van der Waals surface area (Å²) < 4.78 is 0. The second-order valence-corrected chi connectivity index (χ2v) is 7.03. The van der Waals surface area contributed by atoms with Crippen LogP contribution in [-0.2, 0) is 4.79 Å². The predicted octanol–water partition coefficient (Wildman–Crippen LogP) is 3.71. The first-order valence-corrected chi connectivity index (χ1v) is 9.46. The first-order valence-electron chi connectivity index (χ1n) is 8.58. The monoisotopic (exact) mass is 393 g/mol. The van der Waals surface area contributed by atoms with Gasteiger partial charge >= 0.3 is 0 Å². The van der Waals surface area contributed by atoms with E-state index < -0.39 is 0 Å². The van der Waals surface area contributed by atoms with Gasteiger partial charge in [-0.15, -0.1) is 11.3 Å². The van der Waals surface area contributed by atoms with E-state index in [1.807, 2.05) is 29.6 Å². The summed E-state index contributed by atoms with van der Waals surface area (Å²) in [6.07, 6.45) is 0. The summed E-state index contributed by atoms with van der Waals surface area (Å²) in [5.41, 5.74) is 1.71. The molecule has 1 aromatic heterocycles. The molecular weight excluding hydrogens is 374 g/mol. The summed E-state index contributed by atoms with van der Waals surface area (Å²) in [6.45, 7) is -0.0649. The highest BCUT2D eigenvalue weighted by atomic mass is 32.1. The van der Waals surface area contributed by atoms with Gasteiger partial charge < -0.3 is 15.5 Å². The van der Waals surface area contributed by atoms with E-state index in [4.69, 9.17) is 0 Å². The second kappa shape index (κ2) is 8.96. The van der Waals surface area contributed by atoms with Crippen LogP contribution in [0.25, 0.3) is 0 Å². The second-order valence-electron chi connectivity index (χ2n) is 6.08. The fourth-order valence-electron chi connectivity index (χ4n) is 2.53.